The lowest BCUT2D eigenvalue weighted by molar-refractivity contribution is 0.0240. The number of amides is 2. The molecule has 202 valence electrons. The highest BCUT2D eigenvalue weighted by atomic mass is 35.5. The molecular formula is C28H34ClN5O4. The number of aromatic nitrogens is 1. The molecule has 1 saturated carbocycles. The summed E-state index contributed by atoms with van der Waals surface area (Å²) in [6, 6.07) is 10.9. The van der Waals surface area contributed by atoms with Gasteiger partial charge in [-0.3, -0.25) is 4.79 Å². The van der Waals surface area contributed by atoms with Gasteiger partial charge in [-0.15, -0.1) is 0 Å². The van der Waals surface area contributed by atoms with Crippen molar-refractivity contribution in [3.8, 4) is 11.8 Å². The van der Waals surface area contributed by atoms with E-state index < -0.39 is 5.60 Å². The maximum atomic E-state index is 12.8. The molecule has 1 N–H and O–H groups in total. The number of nitriles is 1. The van der Waals surface area contributed by atoms with Crippen LogP contribution < -0.4 is 15.0 Å². The van der Waals surface area contributed by atoms with Gasteiger partial charge in [-0.05, 0) is 70.7 Å². The lowest BCUT2D eigenvalue weighted by Crippen LogP contribution is -2.50. The first kappa shape index (κ1) is 27.5. The molecule has 0 unspecified atom stereocenters. The lowest BCUT2D eigenvalue weighted by atomic mass is 9.92. The Hall–Kier alpha value is -3.51. The number of halogens is 1. The molecule has 4 rings (SSSR count). The summed E-state index contributed by atoms with van der Waals surface area (Å²) in [6.07, 6.45) is 4.61. The molecule has 2 fully saturated rings. The molecule has 0 atom stereocenters. The molecule has 2 heterocycles. The van der Waals surface area contributed by atoms with E-state index in [0.29, 0.717) is 48.1 Å². The topological polar surface area (TPSA) is 108 Å². The normalized spacial score (nSPS) is 19.9. The van der Waals surface area contributed by atoms with Crippen LogP contribution in [0.25, 0.3) is 0 Å². The molecule has 2 aromatic rings. The lowest BCUT2D eigenvalue weighted by Gasteiger charge is -2.36. The number of benzene rings is 1. The molecule has 1 aromatic heterocycles. The Morgan fingerprint density at radius 2 is 1.79 bits per heavy atom. The smallest absolute Gasteiger partial charge is 0.410 e. The Balaban J connectivity index is 1.21. The van der Waals surface area contributed by atoms with Gasteiger partial charge in [0.15, 0.2) is 0 Å². The zero-order valence-electron chi connectivity index (χ0n) is 22.1. The number of hydrogen-bond acceptors (Lipinski definition) is 7. The largest absolute Gasteiger partial charge is 0.490 e. The van der Waals surface area contributed by atoms with E-state index in [1.807, 2.05) is 32.9 Å². The summed E-state index contributed by atoms with van der Waals surface area (Å²) in [6.45, 7) is 8.00. The molecule has 10 heteroatoms. The van der Waals surface area contributed by atoms with Crippen LogP contribution in [0.1, 0.15) is 62.4 Å². The van der Waals surface area contributed by atoms with Gasteiger partial charge in [-0.1, -0.05) is 11.6 Å². The average molecular weight is 540 g/mol. The third kappa shape index (κ3) is 7.29. The summed E-state index contributed by atoms with van der Waals surface area (Å²) in [5, 5.41) is 12.5. The second kappa shape index (κ2) is 11.9. The predicted octanol–water partition coefficient (Wildman–Crippen LogP) is 4.78. The minimum atomic E-state index is -0.514. The fraction of sp³-hybridized carbons (Fsp3) is 0.500. The van der Waals surface area contributed by atoms with Crippen LogP contribution >= 0.6 is 11.6 Å². The quantitative estimate of drug-likeness (QED) is 0.582. The first-order valence-electron chi connectivity index (χ1n) is 13.0. The van der Waals surface area contributed by atoms with Gasteiger partial charge < -0.3 is 24.6 Å². The first-order valence-corrected chi connectivity index (χ1v) is 13.3. The van der Waals surface area contributed by atoms with Crippen LogP contribution in [0, 0.1) is 11.3 Å². The highest BCUT2D eigenvalue weighted by Gasteiger charge is 2.27. The van der Waals surface area contributed by atoms with E-state index in [1.54, 1.807) is 35.4 Å². The summed E-state index contributed by atoms with van der Waals surface area (Å²) in [4.78, 5) is 33.4. The summed E-state index contributed by atoms with van der Waals surface area (Å²) < 4.78 is 11.5. The van der Waals surface area contributed by atoms with Crippen molar-refractivity contribution in [2.75, 3.05) is 31.1 Å². The van der Waals surface area contributed by atoms with Crippen LogP contribution in [-0.2, 0) is 4.74 Å². The van der Waals surface area contributed by atoms with Gasteiger partial charge in [-0.2, -0.15) is 5.26 Å². The Bertz CT molecular complexity index is 1180. The van der Waals surface area contributed by atoms with Gasteiger partial charge in [0.1, 0.15) is 23.2 Å². The molecule has 0 spiro atoms. The van der Waals surface area contributed by atoms with Crippen molar-refractivity contribution in [3.63, 3.8) is 0 Å². The van der Waals surface area contributed by atoms with Crippen molar-refractivity contribution < 1.29 is 19.1 Å². The van der Waals surface area contributed by atoms with Crippen LogP contribution in [0.15, 0.2) is 36.5 Å². The maximum absolute atomic E-state index is 12.8. The number of rotatable bonds is 5. The van der Waals surface area contributed by atoms with Crippen molar-refractivity contribution in [1.29, 1.82) is 5.26 Å². The number of hydrogen-bond donors (Lipinski definition) is 1. The fourth-order valence-corrected chi connectivity index (χ4v) is 4.81. The van der Waals surface area contributed by atoms with Crippen LogP contribution in [0.3, 0.4) is 0 Å². The standard InChI is InChI=1S/C28H34ClN5O4/c1-28(2,3)38-27(36)34-14-12-33(13-15-34)25-11-5-20(18-31-25)26(35)32-21-6-9-22(10-7-21)37-23-8-4-19(17-30)24(29)16-23/h4-5,8,11,16,18,21-22H,6-7,9-10,12-15H2,1-3H3,(H,32,35). The minimum absolute atomic E-state index is 0.0453. The number of nitrogens with zero attached hydrogens (tertiary/aromatic N) is 4. The van der Waals surface area contributed by atoms with E-state index in [2.05, 4.69) is 15.2 Å². The van der Waals surface area contributed by atoms with E-state index in [9.17, 15) is 9.59 Å². The maximum Gasteiger partial charge on any atom is 0.410 e. The van der Waals surface area contributed by atoms with Gasteiger partial charge in [0.05, 0.1) is 22.3 Å². The zero-order chi connectivity index (χ0) is 27.3. The van der Waals surface area contributed by atoms with E-state index in [-0.39, 0.29) is 24.1 Å². The van der Waals surface area contributed by atoms with Crippen LogP contribution in [0.5, 0.6) is 5.75 Å². The zero-order valence-corrected chi connectivity index (χ0v) is 22.8. The molecular weight excluding hydrogens is 506 g/mol. The van der Waals surface area contributed by atoms with Gasteiger partial charge in [0.2, 0.25) is 0 Å². The number of ether oxygens (including phenoxy) is 2. The van der Waals surface area contributed by atoms with Gasteiger partial charge >= 0.3 is 6.09 Å². The highest BCUT2D eigenvalue weighted by molar-refractivity contribution is 6.31. The molecule has 0 bridgehead atoms. The minimum Gasteiger partial charge on any atom is -0.490 e. The molecule has 9 nitrogen and oxygen atoms in total. The van der Waals surface area contributed by atoms with E-state index in [0.717, 1.165) is 31.5 Å². The van der Waals surface area contributed by atoms with Crippen molar-refractivity contribution in [2.45, 2.75) is 64.2 Å². The van der Waals surface area contributed by atoms with E-state index in [4.69, 9.17) is 26.3 Å². The number of anilines is 1. The van der Waals surface area contributed by atoms with Crippen molar-refractivity contribution in [3.05, 3.63) is 52.7 Å². The van der Waals surface area contributed by atoms with Gasteiger partial charge in [0.25, 0.3) is 5.91 Å². The molecule has 1 saturated heterocycles. The van der Waals surface area contributed by atoms with Crippen molar-refractivity contribution in [1.82, 2.24) is 15.2 Å². The number of carbonyl (C=O) groups is 2. The number of carbonyl (C=O) groups excluding carboxylic acids is 2. The summed E-state index contributed by atoms with van der Waals surface area (Å²) in [5.41, 5.74) is 0.431. The molecule has 1 aliphatic heterocycles. The first-order chi connectivity index (χ1) is 18.1. The molecule has 38 heavy (non-hydrogen) atoms. The van der Waals surface area contributed by atoms with E-state index in [1.165, 1.54) is 0 Å². The third-order valence-corrected chi connectivity index (χ3v) is 6.95. The van der Waals surface area contributed by atoms with Crippen LogP contribution in [0.4, 0.5) is 10.6 Å². The molecule has 2 amide bonds. The molecule has 0 radical (unpaired) electrons. The Morgan fingerprint density at radius 3 is 2.37 bits per heavy atom. The Labute approximate surface area is 228 Å². The summed E-state index contributed by atoms with van der Waals surface area (Å²) >= 11 is 6.10. The molecule has 1 aromatic carbocycles. The predicted molar refractivity (Wildman–Crippen MR) is 145 cm³/mol. The van der Waals surface area contributed by atoms with Crippen molar-refractivity contribution in [2.24, 2.45) is 0 Å². The average Bonchev–Trinajstić information content (AvgIpc) is 2.89. The monoisotopic (exact) mass is 539 g/mol. The summed E-state index contributed by atoms with van der Waals surface area (Å²) in [7, 11) is 0. The van der Waals surface area contributed by atoms with E-state index >= 15 is 0 Å². The Kier molecular flexibility index (Phi) is 8.62. The molecule has 1 aliphatic carbocycles. The molecule has 2 aliphatic rings. The van der Waals surface area contributed by atoms with Crippen LogP contribution in [0.2, 0.25) is 5.02 Å². The second-order valence-electron chi connectivity index (χ2n) is 10.7. The van der Waals surface area contributed by atoms with Gasteiger partial charge in [0, 0.05) is 44.5 Å². The number of piperazine rings is 1. The SMILES string of the molecule is CC(C)(C)OC(=O)N1CCN(c2ccc(C(=O)NC3CCC(Oc4ccc(C#N)c(Cl)c4)CC3)cn2)CC1. The number of nitrogens with one attached hydrogen (secondary N) is 1. The summed E-state index contributed by atoms with van der Waals surface area (Å²) in [5.74, 6) is 1.30. The van der Waals surface area contributed by atoms with Crippen molar-refractivity contribution >= 4 is 29.4 Å². The second-order valence-corrected chi connectivity index (χ2v) is 11.1. The van der Waals surface area contributed by atoms with Crippen LogP contribution in [-0.4, -0.2) is 65.8 Å². The number of pyridine rings is 1. The Morgan fingerprint density at radius 1 is 1.08 bits per heavy atom. The highest BCUT2D eigenvalue weighted by Crippen LogP contribution is 2.27. The van der Waals surface area contributed by atoms with Gasteiger partial charge in [-0.25, -0.2) is 9.78 Å². The third-order valence-electron chi connectivity index (χ3n) is 6.64. The fourth-order valence-electron chi connectivity index (χ4n) is 4.60.